The molecule has 0 aliphatic carbocycles. The zero-order valence-corrected chi connectivity index (χ0v) is 16.6. The molecule has 0 saturated carbocycles. The van der Waals surface area contributed by atoms with Gasteiger partial charge < -0.3 is 10.2 Å². The van der Waals surface area contributed by atoms with E-state index in [9.17, 15) is 13.2 Å². The fourth-order valence-electron chi connectivity index (χ4n) is 2.62. The average molecular weight is 391 g/mol. The molecule has 0 aliphatic heterocycles. The summed E-state index contributed by atoms with van der Waals surface area (Å²) in [5.74, 6) is 0.985. The highest BCUT2D eigenvalue weighted by Crippen LogP contribution is 2.12. The molecule has 2 rings (SSSR count). The Balaban J connectivity index is 2.02. The molecule has 1 amide bonds. The van der Waals surface area contributed by atoms with Gasteiger partial charge in [-0.15, -0.1) is 0 Å². The predicted octanol–water partition coefficient (Wildman–Crippen LogP) is 1.57. The van der Waals surface area contributed by atoms with Crippen LogP contribution in [0.1, 0.15) is 35.7 Å². The van der Waals surface area contributed by atoms with Crippen molar-refractivity contribution < 1.29 is 13.2 Å². The molecule has 1 aromatic carbocycles. The van der Waals surface area contributed by atoms with Crippen molar-refractivity contribution in [2.24, 2.45) is 5.14 Å². The lowest BCUT2D eigenvalue weighted by molar-refractivity contribution is 0.0766. The molecule has 146 valence electrons. The van der Waals surface area contributed by atoms with E-state index in [0.717, 1.165) is 5.56 Å². The second-order valence-corrected chi connectivity index (χ2v) is 7.59. The number of sulfonamides is 1. The number of amides is 1. The van der Waals surface area contributed by atoms with Crippen LogP contribution < -0.4 is 10.5 Å². The quantitative estimate of drug-likeness (QED) is 0.705. The third-order valence-electron chi connectivity index (χ3n) is 4.08. The zero-order valence-electron chi connectivity index (χ0n) is 15.8. The normalized spacial score (nSPS) is 11.3. The van der Waals surface area contributed by atoms with Crippen LogP contribution in [0.2, 0.25) is 0 Å². The van der Waals surface area contributed by atoms with Gasteiger partial charge in [0.25, 0.3) is 5.91 Å². The number of nitrogens with one attached hydrogen (secondary N) is 1. The van der Waals surface area contributed by atoms with Gasteiger partial charge in [0, 0.05) is 25.7 Å². The maximum absolute atomic E-state index is 12.5. The number of primary sulfonamides is 1. The molecule has 0 radical (unpaired) electrons. The van der Waals surface area contributed by atoms with Crippen molar-refractivity contribution in [2.75, 3.05) is 25.0 Å². The minimum absolute atomic E-state index is 0.0881. The molecule has 0 bridgehead atoms. The Hall–Kier alpha value is -2.52. The van der Waals surface area contributed by atoms with Crippen molar-refractivity contribution >= 4 is 21.7 Å². The van der Waals surface area contributed by atoms with E-state index >= 15 is 0 Å². The number of nitrogens with two attached hydrogens (primary N) is 1. The largest absolute Gasteiger partial charge is 0.370 e. The summed E-state index contributed by atoms with van der Waals surface area (Å²) < 4.78 is 22.5. The Morgan fingerprint density at radius 2 is 1.78 bits per heavy atom. The molecule has 1 heterocycles. The molecule has 8 nitrogen and oxygen atoms in total. The van der Waals surface area contributed by atoms with Crippen LogP contribution in [0, 0.1) is 6.92 Å². The highest BCUT2D eigenvalue weighted by molar-refractivity contribution is 7.89. The first-order valence-electron chi connectivity index (χ1n) is 8.75. The lowest BCUT2D eigenvalue weighted by Crippen LogP contribution is -2.31. The van der Waals surface area contributed by atoms with Gasteiger partial charge in [0.1, 0.15) is 17.3 Å². The Labute approximate surface area is 159 Å². The van der Waals surface area contributed by atoms with E-state index in [1.807, 2.05) is 13.8 Å². The van der Waals surface area contributed by atoms with Gasteiger partial charge in [-0.25, -0.2) is 23.5 Å². The van der Waals surface area contributed by atoms with Crippen molar-refractivity contribution in [1.29, 1.82) is 0 Å². The summed E-state index contributed by atoms with van der Waals surface area (Å²) in [5, 5.41) is 8.28. The number of carbonyl (C=O) groups is 1. The van der Waals surface area contributed by atoms with E-state index in [2.05, 4.69) is 15.3 Å². The summed E-state index contributed by atoms with van der Waals surface area (Å²) in [6.07, 6.45) is 0.660. The summed E-state index contributed by atoms with van der Waals surface area (Å²) in [6, 6.07) is 8.07. The second-order valence-electron chi connectivity index (χ2n) is 6.03. The van der Waals surface area contributed by atoms with Crippen LogP contribution in [-0.2, 0) is 16.4 Å². The van der Waals surface area contributed by atoms with Crippen LogP contribution in [-0.4, -0.2) is 48.8 Å². The topological polar surface area (TPSA) is 118 Å². The second kappa shape index (κ2) is 8.92. The molecule has 0 aliphatic rings. The monoisotopic (exact) mass is 391 g/mol. The number of anilines is 1. The molecule has 0 spiro atoms. The van der Waals surface area contributed by atoms with Crippen molar-refractivity contribution in [3.63, 3.8) is 0 Å². The number of rotatable bonds is 8. The molecule has 0 fully saturated rings. The number of aromatic nitrogens is 2. The average Bonchev–Trinajstić information content (AvgIpc) is 2.62. The fourth-order valence-corrected chi connectivity index (χ4v) is 3.14. The van der Waals surface area contributed by atoms with Gasteiger partial charge in [0.15, 0.2) is 0 Å². The van der Waals surface area contributed by atoms with Crippen LogP contribution >= 0.6 is 0 Å². The van der Waals surface area contributed by atoms with E-state index in [1.54, 1.807) is 30.0 Å². The van der Waals surface area contributed by atoms with Gasteiger partial charge in [0.05, 0.1) is 4.90 Å². The van der Waals surface area contributed by atoms with Gasteiger partial charge in [0.2, 0.25) is 10.0 Å². The molecule has 9 heteroatoms. The summed E-state index contributed by atoms with van der Waals surface area (Å²) in [5.41, 5.74) is 1.33. The van der Waals surface area contributed by atoms with Crippen molar-refractivity contribution in [2.45, 2.75) is 32.1 Å². The third kappa shape index (κ3) is 5.73. The van der Waals surface area contributed by atoms with Crippen LogP contribution in [0.25, 0.3) is 0 Å². The van der Waals surface area contributed by atoms with E-state index in [4.69, 9.17) is 5.14 Å². The summed E-state index contributed by atoms with van der Waals surface area (Å²) in [4.78, 5) is 22.8. The van der Waals surface area contributed by atoms with Crippen molar-refractivity contribution in [1.82, 2.24) is 14.9 Å². The number of hydrogen-bond acceptors (Lipinski definition) is 6. The maximum atomic E-state index is 12.5. The zero-order chi connectivity index (χ0) is 20.0. The lowest BCUT2D eigenvalue weighted by atomic mass is 10.1. The van der Waals surface area contributed by atoms with Crippen LogP contribution in [0.15, 0.2) is 35.2 Å². The lowest BCUT2D eigenvalue weighted by Gasteiger charge is -2.18. The first-order chi connectivity index (χ1) is 12.7. The number of nitrogens with zero attached hydrogens (tertiary/aromatic N) is 3. The Morgan fingerprint density at radius 3 is 2.33 bits per heavy atom. The number of aryl methyl sites for hydroxylation is 1. The smallest absolute Gasteiger partial charge is 0.272 e. The summed E-state index contributed by atoms with van der Waals surface area (Å²) in [6.45, 7) is 7.41. The van der Waals surface area contributed by atoms with Gasteiger partial charge in [-0.05, 0) is 44.9 Å². The third-order valence-corrected chi connectivity index (χ3v) is 5.01. The van der Waals surface area contributed by atoms with Crippen LogP contribution in [0.4, 0.5) is 5.82 Å². The number of benzene rings is 1. The first-order valence-corrected chi connectivity index (χ1v) is 10.3. The minimum atomic E-state index is -3.68. The fraction of sp³-hybridized carbons (Fsp3) is 0.389. The minimum Gasteiger partial charge on any atom is -0.370 e. The highest BCUT2D eigenvalue weighted by atomic mass is 32.2. The standard InChI is InChI=1S/C18H25N5O3S/c1-4-23(5-2)18(24)16-12-17(22-13(3)21-16)20-11-10-14-6-8-15(9-7-14)27(19,25)26/h6-9,12H,4-5,10-11H2,1-3H3,(H2,19,25,26)(H,20,21,22). The Bertz CT molecular complexity index is 894. The van der Waals surface area contributed by atoms with Gasteiger partial charge in [-0.1, -0.05) is 12.1 Å². The molecular formula is C18H25N5O3S. The molecule has 3 N–H and O–H groups in total. The predicted molar refractivity (Wildman–Crippen MR) is 104 cm³/mol. The number of carbonyl (C=O) groups excluding carboxylic acids is 1. The van der Waals surface area contributed by atoms with Gasteiger partial charge in [-0.2, -0.15) is 0 Å². The van der Waals surface area contributed by atoms with Crippen LogP contribution in [0.3, 0.4) is 0 Å². The Morgan fingerprint density at radius 1 is 1.15 bits per heavy atom. The maximum Gasteiger partial charge on any atom is 0.272 e. The van der Waals surface area contributed by atoms with Crippen LogP contribution in [0.5, 0.6) is 0 Å². The molecule has 1 aromatic heterocycles. The van der Waals surface area contributed by atoms with Gasteiger partial charge in [-0.3, -0.25) is 4.79 Å². The van der Waals surface area contributed by atoms with E-state index in [-0.39, 0.29) is 10.8 Å². The highest BCUT2D eigenvalue weighted by Gasteiger charge is 2.15. The molecule has 2 aromatic rings. The molecular weight excluding hydrogens is 366 g/mol. The van der Waals surface area contributed by atoms with E-state index in [1.165, 1.54) is 12.1 Å². The molecule has 0 atom stereocenters. The SMILES string of the molecule is CCN(CC)C(=O)c1cc(NCCc2ccc(S(N)(=O)=O)cc2)nc(C)n1. The van der Waals surface area contributed by atoms with Gasteiger partial charge >= 0.3 is 0 Å². The molecule has 27 heavy (non-hydrogen) atoms. The first kappa shape index (κ1) is 20.8. The molecule has 0 saturated heterocycles. The summed E-state index contributed by atoms with van der Waals surface area (Å²) >= 11 is 0. The van der Waals surface area contributed by atoms with E-state index < -0.39 is 10.0 Å². The van der Waals surface area contributed by atoms with Crippen molar-refractivity contribution in [3.05, 3.63) is 47.4 Å². The summed E-state index contributed by atoms with van der Waals surface area (Å²) in [7, 11) is -3.68. The van der Waals surface area contributed by atoms with E-state index in [0.29, 0.717) is 43.4 Å². The Kier molecular flexibility index (Phi) is 6.86. The van der Waals surface area contributed by atoms with Crippen molar-refractivity contribution in [3.8, 4) is 0 Å². The number of hydrogen-bond donors (Lipinski definition) is 2. The molecule has 0 unspecified atom stereocenters.